The number of ketones is 1. The molecule has 0 aliphatic rings. The molecule has 2 aromatic heterocycles. The van der Waals surface area contributed by atoms with Gasteiger partial charge in [0.1, 0.15) is 5.00 Å². The Morgan fingerprint density at radius 3 is 2.46 bits per heavy atom. The molecule has 0 atom stereocenters. The number of carbonyl (C=O) groups excluding carboxylic acids is 2. The van der Waals surface area contributed by atoms with Crippen molar-refractivity contribution in [1.82, 2.24) is 9.99 Å². The third-order valence-corrected chi connectivity index (χ3v) is 4.76. The lowest BCUT2D eigenvalue weighted by molar-refractivity contribution is 0.0698. The van der Waals surface area contributed by atoms with Crippen molar-refractivity contribution in [2.75, 3.05) is 10.7 Å². The van der Waals surface area contributed by atoms with Crippen LogP contribution in [0.1, 0.15) is 32.5 Å². The van der Waals surface area contributed by atoms with Gasteiger partial charge in [-0.3, -0.25) is 19.8 Å². The van der Waals surface area contributed by atoms with Gasteiger partial charge in [-0.15, -0.1) is 11.3 Å². The molecule has 2 heterocycles. The zero-order chi connectivity index (χ0) is 20.4. The SMILES string of the molecule is CC(=O)c1cccc(NC(=O)NCc2cc(C(=O)O)c(Nn3c(=O)c3=O)s2)c1. The number of carbonyl (C=O) groups is 3. The number of amides is 2. The van der Waals surface area contributed by atoms with Crippen LogP contribution in [0.5, 0.6) is 0 Å². The Morgan fingerprint density at radius 2 is 1.86 bits per heavy atom. The third-order valence-electron chi connectivity index (χ3n) is 3.72. The highest BCUT2D eigenvalue weighted by molar-refractivity contribution is 7.16. The van der Waals surface area contributed by atoms with Crippen LogP contribution in [-0.2, 0) is 6.54 Å². The molecule has 3 aromatic rings. The van der Waals surface area contributed by atoms with E-state index in [1.54, 1.807) is 18.2 Å². The van der Waals surface area contributed by atoms with Crippen LogP contribution in [0.25, 0.3) is 0 Å². The quantitative estimate of drug-likeness (QED) is 0.343. The summed E-state index contributed by atoms with van der Waals surface area (Å²) in [6.07, 6.45) is 0. The highest BCUT2D eigenvalue weighted by Crippen LogP contribution is 2.28. The zero-order valence-electron chi connectivity index (χ0n) is 14.4. The zero-order valence-corrected chi connectivity index (χ0v) is 15.3. The van der Waals surface area contributed by atoms with Crippen molar-refractivity contribution in [1.29, 1.82) is 0 Å². The molecule has 0 unspecified atom stereocenters. The second kappa shape index (κ2) is 7.48. The summed E-state index contributed by atoms with van der Waals surface area (Å²) >= 11 is 0.990. The summed E-state index contributed by atoms with van der Waals surface area (Å²) in [4.78, 5) is 57.3. The molecule has 10 nitrogen and oxygen atoms in total. The van der Waals surface area contributed by atoms with Gasteiger partial charge < -0.3 is 15.7 Å². The number of aromatic nitrogens is 1. The molecule has 144 valence electrons. The fraction of sp³-hybridized carbons (Fsp3) is 0.118. The van der Waals surface area contributed by atoms with Crippen molar-refractivity contribution in [2.45, 2.75) is 13.5 Å². The Morgan fingerprint density at radius 1 is 1.14 bits per heavy atom. The first-order chi connectivity index (χ1) is 13.3. The van der Waals surface area contributed by atoms with Gasteiger partial charge in [0.05, 0.1) is 12.1 Å². The van der Waals surface area contributed by atoms with E-state index < -0.39 is 23.1 Å². The summed E-state index contributed by atoms with van der Waals surface area (Å²) in [7, 11) is 0. The van der Waals surface area contributed by atoms with Crippen LogP contribution in [0.3, 0.4) is 0 Å². The smallest absolute Gasteiger partial charge is 0.340 e. The van der Waals surface area contributed by atoms with Gasteiger partial charge in [0.15, 0.2) is 5.78 Å². The monoisotopic (exact) mass is 402 g/mol. The number of benzene rings is 1. The average Bonchev–Trinajstić information content (AvgIpc) is 3.04. The van der Waals surface area contributed by atoms with E-state index in [1.807, 2.05) is 0 Å². The fourth-order valence-corrected chi connectivity index (χ4v) is 3.24. The molecule has 0 radical (unpaired) electrons. The maximum Gasteiger partial charge on any atom is 0.340 e. The van der Waals surface area contributed by atoms with E-state index in [9.17, 15) is 29.1 Å². The average molecular weight is 402 g/mol. The molecular weight excluding hydrogens is 388 g/mol. The number of urea groups is 1. The molecule has 4 N–H and O–H groups in total. The Bertz CT molecular complexity index is 1130. The lowest BCUT2D eigenvalue weighted by Gasteiger charge is -2.07. The minimum atomic E-state index is -1.24. The number of carboxylic acids is 1. The number of thiophene rings is 1. The molecule has 0 aliphatic carbocycles. The first-order valence-electron chi connectivity index (χ1n) is 7.93. The van der Waals surface area contributed by atoms with E-state index in [0.717, 1.165) is 11.3 Å². The van der Waals surface area contributed by atoms with E-state index >= 15 is 0 Å². The number of carboxylic acid groups (broad SMARTS) is 1. The summed E-state index contributed by atoms with van der Waals surface area (Å²) in [6, 6.07) is 7.22. The molecule has 0 aliphatic heterocycles. The molecule has 1 aromatic carbocycles. The van der Waals surface area contributed by atoms with E-state index in [1.165, 1.54) is 19.1 Å². The molecular formula is C17H14N4O6S. The lowest BCUT2D eigenvalue weighted by atomic mass is 10.1. The summed E-state index contributed by atoms with van der Waals surface area (Å²) in [5.74, 6) is -1.37. The molecule has 0 saturated carbocycles. The van der Waals surface area contributed by atoms with Crippen LogP contribution < -0.4 is 27.2 Å². The summed E-state index contributed by atoms with van der Waals surface area (Å²) in [5, 5.41) is 14.5. The second-order valence-corrected chi connectivity index (χ2v) is 6.90. The Balaban J connectivity index is 1.64. The van der Waals surface area contributed by atoms with Crippen molar-refractivity contribution in [3.63, 3.8) is 0 Å². The summed E-state index contributed by atoms with van der Waals surface area (Å²) < 4.78 is 0.699. The molecule has 11 heteroatoms. The van der Waals surface area contributed by atoms with E-state index in [0.29, 0.717) is 20.8 Å². The maximum absolute atomic E-state index is 12.0. The minimum absolute atomic E-state index is 0.0206. The van der Waals surface area contributed by atoms with Crippen LogP contribution in [0.15, 0.2) is 39.9 Å². The molecule has 28 heavy (non-hydrogen) atoms. The van der Waals surface area contributed by atoms with Crippen molar-refractivity contribution in [3.8, 4) is 0 Å². The fourth-order valence-electron chi connectivity index (χ4n) is 2.27. The van der Waals surface area contributed by atoms with Crippen molar-refractivity contribution in [2.24, 2.45) is 0 Å². The topological polar surface area (TPSA) is 147 Å². The number of Topliss-reactive ketones (excluding diaryl/α,β-unsaturated/α-hetero) is 1. The predicted molar refractivity (Wildman–Crippen MR) is 102 cm³/mol. The van der Waals surface area contributed by atoms with E-state index in [-0.39, 0.29) is 22.9 Å². The highest BCUT2D eigenvalue weighted by Gasteiger charge is 2.21. The number of rotatable bonds is 7. The normalized spacial score (nSPS) is 10.6. The lowest BCUT2D eigenvalue weighted by Crippen LogP contribution is -2.27. The van der Waals surface area contributed by atoms with Crippen LogP contribution in [0.4, 0.5) is 15.5 Å². The molecule has 0 saturated heterocycles. The number of nitrogens with zero attached hydrogens (tertiary/aromatic N) is 1. The summed E-state index contributed by atoms with van der Waals surface area (Å²) in [5.41, 5.74) is 1.70. The number of anilines is 2. The molecule has 0 spiro atoms. The second-order valence-electron chi connectivity index (χ2n) is 5.76. The highest BCUT2D eigenvalue weighted by atomic mass is 32.1. The first kappa shape index (κ1) is 19.0. The number of nitrogens with one attached hydrogen (secondary N) is 3. The standard InChI is InChI=1S/C17H14N4O6S/c1-8(22)9-3-2-4-10(5-9)19-17(27)18-7-11-6-12(16(25)26)13(28-11)20-21-14(23)15(21)24/h2-6,20H,7H2,1H3,(H,25,26)(H2,18,19,27). The maximum atomic E-state index is 12.0. The molecule has 0 bridgehead atoms. The third kappa shape index (κ3) is 4.15. The van der Waals surface area contributed by atoms with Crippen LogP contribution in [0, 0.1) is 0 Å². The van der Waals surface area contributed by atoms with Crippen molar-refractivity contribution < 1.29 is 19.5 Å². The molecule has 0 fully saturated rings. The predicted octanol–water partition coefficient (Wildman–Crippen LogP) is 1.24. The van der Waals surface area contributed by atoms with Gasteiger partial charge in [-0.1, -0.05) is 12.1 Å². The van der Waals surface area contributed by atoms with Gasteiger partial charge >= 0.3 is 23.1 Å². The van der Waals surface area contributed by atoms with E-state index in [2.05, 4.69) is 16.1 Å². The van der Waals surface area contributed by atoms with Gasteiger partial charge in [0, 0.05) is 16.1 Å². The van der Waals surface area contributed by atoms with Gasteiger partial charge in [-0.05, 0) is 25.1 Å². The largest absolute Gasteiger partial charge is 0.478 e. The number of hydrogen-bond donors (Lipinski definition) is 4. The Labute approximate surface area is 161 Å². The Hall–Kier alpha value is -3.73. The van der Waals surface area contributed by atoms with Crippen LogP contribution >= 0.6 is 11.3 Å². The minimum Gasteiger partial charge on any atom is -0.478 e. The van der Waals surface area contributed by atoms with Gasteiger partial charge in [-0.2, -0.15) is 4.68 Å². The summed E-state index contributed by atoms with van der Waals surface area (Å²) in [6.45, 7) is 1.44. The van der Waals surface area contributed by atoms with Crippen molar-refractivity contribution in [3.05, 3.63) is 67.0 Å². The van der Waals surface area contributed by atoms with Crippen LogP contribution in [-0.4, -0.2) is 27.6 Å². The van der Waals surface area contributed by atoms with E-state index in [4.69, 9.17) is 0 Å². The number of aromatic carboxylic acids is 1. The van der Waals surface area contributed by atoms with Gasteiger partial charge in [0.25, 0.3) is 0 Å². The van der Waals surface area contributed by atoms with Gasteiger partial charge in [0.2, 0.25) is 0 Å². The van der Waals surface area contributed by atoms with Crippen molar-refractivity contribution >= 4 is 39.8 Å². The molecule has 3 rings (SSSR count). The van der Waals surface area contributed by atoms with Crippen LogP contribution in [0.2, 0.25) is 0 Å². The molecule has 2 amide bonds. The Kier molecular flexibility index (Phi) is 5.09. The van der Waals surface area contributed by atoms with Gasteiger partial charge in [-0.25, -0.2) is 9.59 Å². The number of hydrogen-bond acceptors (Lipinski definition) is 7. The first-order valence-corrected chi connectivity index (χ1v) is 8.75.